The Bertz CT molecular complexity index is 396. The first-order chi connectivity index (χ1) is 6.18. The Hall–Kier alpha value is -1.64. The van der Waals surface area contributed by atoms with Crippen LogP contribution in [0, 0.1) is 12.3 Å². The molecule has 0 fully saturated rings. The molecule has 0 saturated heterocycles. The number of aryl methyl sites for hydroxylation is 1. The molecule has 1 aliphatic rings. The lowest BCUT2D eigenvalue weighted by atomic mass is 9.95. The van der Waals surface area contributed by atoms with E-state index in [4.69, 9.17) is 5.41 Å². The molecule has 1 heterocycles. The minimum Gasteiger partial charge on any atom is -0.310 e. The van der Waals surface area contributed by atoms with E-state index in [-0.39, 0.29) is 11.7 Å². The Morgan fingerprint density at radius 2 is 2.23 bits per heavy atom. The van der Waals surface area contributed by atoms with Crippen molar-refractivity contribution in [3.8, 4) is 0 Å². The molecule has 0 aliphatic carbocycles. The Morgan fingerprint density at radius 1 is 1.46 bits per heavy atom. The van der Waals surface area contributed by atoms with E-state index in [9.17, 15) is 4.79 Å². The third kappa shape index (κ3) is 1.22. The molecular weight excluding hydrogens is 164 g/mol. The summed E-state index contributed by atoms with van der Waals surface area (Å²) in [6, 6.07) is 5.76. The van der Waals surface area contributed by atoms with Crippen molar-refractivity contribution in [2.24, 2.45) is 0 Å². The smallest absolute Gasteiger partial charge is 0.229 e. The normalized spacial score (nSPS) is 15.2. The summed E-state index contributed by atoms with van der Waals surface area (Å²) in [6.45, 7) is 1.95. The minimum atomic E-state index is -0.0944. The summed E-state index contributed by atoms with van der Waals surface area (Å²) in [5.41, 5.74) is 2.87. The van der Waals surface area contributed by atoms with Crippen LogP contribution >= 0.6 is 0 Å². The van der Waals surface area contributed by atoms with E-state index < -0.39 is 0 Å². The lowest BCUT2D eigenvalue weighted by molar-refractivity contribution is -0.119. The second-order valence-corrected chi connectivity index (χ2v) is 3.21. The molecule has 0 spiro atoms. The number of hydrogen-bond donors (Lipinski definition) is 2. The topological polar surface area (TPSA) is 53.0 Å². The summed E-state index contributed by atoms with van der Waals surface area (Å²) >= 11 is 0. The number of amidine groups is 1. The van der Waals surface area contributed by atoms with E-state index in [0.29, 0.717) is 6.42 Å². The lowest BCUT2D eigenvalue weighted by Crippen LogP contribution is -2.37. The molecule has 0 bridgehead atoms. The van der Waals surface area contributed by atoms with Crippen LogP contribution in [0.1, 0.15) is 16.7 Å². The molecule has 66 valence electrons. The van der Waals surface area contributed by atoms with Crippen LogP contribution in [0.3, 0.4) is 0 Å². The average Bonchev–Trinajstić information content (AvgIpc) is 2.02. The number of amides is 1. The summed E-state index contributed by atoms with van der Waals surface area (Å²) in [7, 11) is 0. The zero-order valence-corrected chi connectivity index (χ0v) is 7.35. The van der Waals surface area contributed by atoms with Gasteiger partial charge in [-0.2, -0.15) is 0 Å². The summed E-state index contributed by atoms with van der Waals surface area (Å²) in [5, 5.41) is 10.1. The molecule has 13 heavy (non-hydrogen) atoms. The third-order valence-electron chi connectivity index (χ3n) is 2.22. The van der Waals surface area contributed by atoms with Gasteiger partial charge < -0.3 is 5.32 Å². The van der Waals surface area contributed by atoms with Crippen molar-refractivity contribution >= 4 is 11.7 Å². The Kier molecular flexibility index (Phi) is 1.65. The molecule has 2 N–H and O–H groups in total. The zero-order chi connectivity index (χ0) is 9.42. The van der Waals surface area contributed by atoms with Crippen LogP contribution in [0.2, 0.25) is 0 Å². The fraction of sp³-hybridized carbons (Fsp3) is 0.200. The summed E-state index contributed by atoms with van der Waals surface area (Å²) in [5.74, 6) is 0.132. The fourth-order valence-corrected chi connectivity index (χ4v) is 1.65. The first-order valence-corrected chi connectivity index (χ1v) is 4.16. The van der Waals surface area contributed by atoms with Crippen molar-refractivity contribution in [3.63, 3.8) is 0 Å². The minimum absolute atomic E-state index is 0.0944. The number of rotatable bonds is 0. The van der Waals surface area contributed by atoms with Crippen molar-refractivity contribution in [2.45, 2.75) is 13.3 Å². The quantitative estimate of drug-likeness (QED) is 0.605. The molecule has 0 saturated carbocycles. The highest BCUT2D eigenvalue weighted by Gasteiger charge is 2.20. The van der Waals surface area contributed by atoms with Gasteiger partial charge in [0.15, 0.2) is 0 Å². The van der Waals surface area contributed by atoms with Crippen molar-refractivity contribution < 1.29 is 4.79 Å². The molecule has 0 radical (unpaired) electrons. The van der Waals surface area contributed by atoms with E-state index in [0.717, 1.165) is 16.7 Å². The Morgan fingerprint density at radius 3 is 3.00 bits per heavy atom. The van der Waals surface area contributed by atoms with Gasteiger partial charge >= 0.3 is 0 Å². The van der Waals surface area contributed by atoms with Gasteiger partial charge in [-0.25, -0.2) is 0 Å². The summed E-state index contributed by atoms with van der Waals surface area (Å²) < 4.78 is 0. The van der Waals surface area contributed by atoms with Gasteiger partial charge in [-0.15, -0.1) is 0 Å². The molecule has 1 aliphatic heterocycles. The van der Waals surface area contributed by atoms with Crippen LogP contribution in [-0.4, -0.2) is 11.7 Å². The van der Waals surface area contributed by atoms with E-state index in [1.165, 1.54) is 0 Å². The van der Waals surface area contributed by atoms with Crippen molar-refractivity contribution in [1.29, 1.82) is 5.41 Å². The largest absolute Gasteiger partial charge is 0.310 e. The van der Waals surface area contributed by atoms with Crippen LogP contribution in [0.25, 0.3) is 0 Å². The van der Waals surface area contributed by atoms with Gasteiger partial charge in [0, 0.05) is 5.56 Å². The molecule has 0 unspecified atom stereocenters. The molecule has 3 nitrogen and oxygen atoms in total. The van der Waals surface area contributed by atoms with E-state index in [1.54, 1.807) is 0 Å². The predicted molar refractivity (Wildman–Crippen MR) is 49.9 cm³/mol. The fourth-order valence-electron chi connectivity index (χ4n) is 1.65. The second kappa shape index (κ2) is 2.69. The second-order valence-electron chi connectivity index (χ2n) is 3.21. The Labute approximate surface area is 76.3 Å². The highest BCUT2D eigenvalue weighted by Crippen LogP contribution is 2.17. The molecule has 1 aromatic carbocycles. The van der Waals surface area contributed by atoms with Crippen molar-refractivity contribution in [1.82, 2.24) is 5.32 Å². The zero-order valence-electron chi connectivity index (χ0n) is 7.35. The predicted octanol–water partition coefficient (Wildman–Crippen LogP) is 0.993. The van der Waals surface area contributed by atoms with Crippen LogP contribution in [-0.2, 0) is 11.2 Å². The molecule has 3 heteroatoms. The number of nitrogens with one attached hydrogen (secondary N) is 2. The Balaban J connectivity index is 2.61. The molecule has 0 atom stereocenters. The van der Waals surface area contributed by atoms with Gasteiger partial charge in [0.2, 0.25) is 5.91 Å². The van der Waals surface area contributed by atoms with E-state index >= 15 is 0 Å². The maximum atomic E-state index is 11.1. The maximum absolute atomic E-state index is 11.1. The van der Waals surface area contributed by atoms with Gasteiger partial charge in [-0.3, -0.25) is 10.2 Å². The molecule has 1 aromatic rings. The lowest BCUT2D eigenvalue weighted by Gasteiger charge is -2.18. The highest BCUT2D eigenvalue weighted by atomic mass is 16.1. The van der Waals surface area contributed by atoms with Gasteiger partial charge in [0.25, 0.3) is 0 Å². The molecule has 0 aromatic heterocycles. The van der Waals surface area contributed by atoms with Crippen LogP contribution in [0.15, 0.2) is 18.2 Å². The first kappa shape index (κ1) is 7.98. The van der Waals surface area contributed by atoms with Crippen LogP contribution in [0.4, 0.5) is 0 Å². The van der Waals surface area contributed by atoms with Crippen LogP contribution < -0.4 is 5.32 Å². The van der Waals surface area contributed by atoms with Gasteiger partial charge in [0.05, 0.1) is 6.42 Å². The average molecular weight is 174 g/mol. The van der Waals surface area contributed by atoms with Gasteiger partial charge in [-0.1, -0.05) is 18.2 Å². The van der Waals surface area contributed by atoms with E-state index in [2.05, 4.69) is 5.32 Å². The molecule has 2 rings (SSSR count). The number of hydrogen-bond acceptors (Lipinski definition) is 2. The number of carbonyl (C=O) groups is 1. The number of carbonyl (C=O) groups excluding carboxylic acids is 1. The molecular formula is C10H10N2O. The third-order valence-corrected chi connectivity index (χ3v) is 2.22. The van der Waals surface area contributed by atoms with Gasteiger partial charge in [-0.05, 0) is 18.1 Å². The number of fused-ring (bicyclic) bond motifs is 1. The molecule has 1 amide bonds. The van der Waals surface area contributed by atoms with Crippen molar-refractivity contribution in [2.75, 3.05) is 0 Å². The van der Waals surface area contributed by atoms with Gasteiger partial charge in [0.1, 0.15) is 5.84 Å². The van der Waals surface area contributed by atoms with E-state index in [1.807, 2.05) is 25.1 Å². The maximum Gasteiger partial charge on any atom is 0.229 e. The van der Waals surface area contributed by atoms with Crippen LogP contribution in [0.5, 0.6) is 0 Å². The van der Waals surface area contributed by atoms with Crippen molar-refractivity contribution in [3.05, 3.63) is 34.9 Å². The highest BCUT2D eigenvalue weighted by molar-refractivity contribution is 6.11. The monoisotopic (exact) mass is 174 g/mol. The summed E-state index contributed by atoms with van der Waals surface area (Å²) in [6.07, 6.45) is 0.388. The SMILES string of the molecule is Cc1cccc2c1C(=N)NC(=O)C2. The number of benzene rings is 1. The first-order valence-electron chi connectivity index (χ1n) is 4.16. The summed E-state index contributed by atoms with van der Waals surface area (Å²) in [4.78, 5) is 11.1. The standard InChI is InChI=1S/C10H10N2O/c1-6-3-2-4-7-5-8(13)12-10(11)9(6)7/h2-4H,5H2,1H3,(H2,11,12,13).